The molecule has 0 saturated carbocycles. The number of carbonyl (C=O) groups is 1. The van der Waals surface area contributed by atoms with Gasteiger partial charge in [-0.1, -0.05) is 5.21 Å². The highest BCUT2D eigenvalue weighted by Gasteiger charge is 2.19. The summed E-state index contributed by atoms with van der Waals surface area (Å²) in [7, 11) is 0. The Labute approximate surface area is 125 Å². The summed E-state index contributed by atoms with van der Waals surface area (Å²) >= 11 is 0. The summed E-state index contributed by atoms with van der Waals surface area (Å²) in [4.78, 5) is 12.2. The number of pyridine rings is 1. The topological polar surface area (TPSA) is 102 Å². The molecular weight excluding hydrogens is 284 g/mol. The molecule has 0 aliphatic carbocycles. The van der Waals surface area contributed by atoms with E-state index in [0.29, 0.717) is 11.4 Å². The standard InChI is InChI=1S/C13H14N8O/c22-13(11-7-21(19-17-11)10-3-4-14-5-10)16-9-1-2-12-18-15-8-20(12)6-9/h1-2,6-8,10,14H,3-5H2,(H,16,22). The van der Waals surface area contributed by atoms with Crippen molar-refractivity contribution in [1.29, 1.82) is 0 Å². The molecule has 1 amide bonds. The third kappa shape index (κ3) is 2.31. The average molecular weight is 298 g/mol. The summed E-state index contributed by atoms with van der Waals surface area (Å²) in [5, 5.41) is 21.8. The van der Waals surface area contributed by atoms with Crippen LogP contribution in [0.25, 0.3) is 5.65 Å². The molecule has 1 fully saturated rings. The van der Waals surface area contributed by atoms with Crippen molar-refractivity contribution in [3.8, 4) is 0 Å². The van der Waals surface area contributed by atoms with Crippen molar-refractivity contribution >= 4 is 17.2 Å². The second-order valence-corrected chi connectivity index (χ2v) is 5.20. The van der Waals surface area contributed by atoms with Gasteiger partial charge >= 0.3 is 0 Å². The van der Waals surface area contributed by atoms with E-state index < -0.39 is 0 Å². The smallest absolute Gasteiger partial charge is 0.277 e. The maximum Gasteiger partial charge on any atom is 0.277 e. The van der Waals surface area contributed by atoms with Gasteiger partial charge in [0.2, 0.25) is 0 Å². The predicted octanol–water partition coefficient (Wildman–Crippen LogP) is 0.107. The lowest BCUT2D eigenvalue weighted by molar-refractivity contribution is 0.102. The van der Waals surface area contributed by atoms with Crippen LogP contribution in [0.1, 0.15) is 23.0 Å². The van der Waals surface area contributed by atoms with Crippen LogP contribution in [0, 0.1) is 0 Å². The van der Waals surface area contributed by atoms with Crippen LogP contribution in [-0.4, -0.2) is 48.6 Å². The highest BCUT2D eigenvalue weighted by molar-refractivity contribution is 6.02. The van der Waals surface area contributed by atoms with Crippen molar-refractivity contribution in [2.45, 2.75) is 12.5 Å². The van der Waals surface area contributed by atoms with E-state index in [9.17, 15) is 4.79 Å². The van der Waals surface area contributed by atoms with Gasteiger partial charge in [-0.25, -0.2) is 4.68 Å². The lowest BCUT2D eigenvalue weighted by Gasteiger charge is -2.06. The van der Waals surface area contributed by atoms with Gasteiger partial charge in [0, 0.05) is 12.7 Å². The Morgan fingerprint density at radius 3 is 3.14 bits per heavy atom. The van der Waals surface area contributed by atoms with Crippen molar-refractivity contribution < 1.29 is 4.79 Å². The van der Waals surface area contributed by atoms with E-state index in [1.165, 1.54) is 0 Å². The highest BCUT2D eigenvalue weighted by atomic mass is 16.2. The van der Waals surface area contributed by atoms with Gasteiger partial charge in [-0.05, 0) is 25.1 Å². The molecule has 1 saturated heterocycles. The van der Waals surface area contributed by atoms with Gasteiger partial charge in [-0.15, -0.1) is 15.3 Å². The Balaban J connectivity index is 1.51. The number of hydrogen-bond donors (Lipinski definition) is 2. The van der Waals surface area contributed by atoms with Crippen LogP contribution in [0.15, 0.2) is 30.9 Å². The summed E-state index contributed by atoms with van der Waals surface area (Å²) in [6, 6.07) is 3.82. The molecule has 0 bridgehead atoms. The molecule has 0 radical (unpaired) electrons. The maximum absolute atomic E-state index is 12.2. The first-order chi connectivity index (χ1) is 10.8. The Morgan fingerprint density at radius 1 is 1.32 bits per heavy atom. The van der Waals surface area contributed by atoms with Crippen molar-refractivity contribution in [1.82, 2.24) is 34.9 Å². The quantitative estimate of drug-likeness (QED) is 0.711. The van der Waals surface area contributed by atoms with Crippen LogP contribution < -0.4 is 10.6 Å². The first kappa shape index (κ1) is 12.9. The van der Waals surface area contributed by atoms with E-state index in [1.54, 1.807) is 39.9 Å². The fraction of sp³-hybridized carbons (Fsp3) is 0.308. The third-order valence-electron chi connectivity index (χ3n) is 3.70. The minimum Gasteiger partial charge on any atom is -0.319 e. The van der Waals surface area contributed by atoms with Gasteiger partial charge < -0.3 is 10.6 Å². The van der Waals surface area contributed by atoms with Crippen LogP contribution in [0.3, 0.4) is 0 Å². The van der Waals surface area contributed by atoms with E-state index in [0.717, 1.165) is 25.2 Å². The van der Waals surface area contributed by atoms with E-state index in [2.05, 4.69) is 31.1 Å². The summed E-state index contributed by atoms with van der Waals surface area (Å²) in [6.45, 7) is 1.82. The normalized spacial score (nSPS) is 17.9. The van der Waals surface area contributed by atoms with Crippen molar-refractivity contribution in [3.63, 3.8) is 0 Å². The summed E-state index contributed by atoms with van der Waals surface area (Å²) in [5.41, 5.74) is 1.67. The number of hydrogen-bond acceptors (Lipinski definition) is 6. The molecule has 9 nitrogen and oxygen atoms in total. The van der Waals surface area contributed by atoms with Crippen LogP contribution >= 0.6 is 0 Å². The van der Waals surface area contributed by atoms with E-state index in [4.69, 9.17) is 0 Å². The number of aromatic nitrogens is 6. The van der Waals surface area contributed by atoms with Gasteiger partial charge in [-0.2, -0.15) is 0 Å². The molecule has 22 heavy (non-hydrogen) atoms. The first-order valence-electron chi connectivity index (χ1n) is 7.03. The second kappa shape index (κ2) is 5.19. The molecule has 9 heteroatoms. The zero-order valence-electron chi connectivity index (χ0n) is 11.7. The lowest BCUT2D eigenvalue weighted by Crippen LogP contribution is -2.14. The highest BCUT2D eigenvalue weighted by Crippen LogP contribution is 2.14. The molecule has 4 heterocycles. The molecule has 112 valence electrons. The monoisotopic (exact) mass is 298 g/mol. The Hall–Kier alpha value is -2.81. The number of amides is 1. The molecule has 1 aliphatic rings. The molecule has 4 rings (SSSR count). The van der Waals surface area contributed by atoms with Gasteiger partial charge in [0.15, 0.2) is 11.3 Å². The van der Waals surface area contributed by atoms with Crippen LogP contribution in [0.2, 0.25) is 0 Å². The van der Waals surface area contributed by atoms with Crippen LogP contribution in [-0.2, 0) is 0 Å². The molecule has 0 aromatic carbocycles. The second-order valence-electron chi connectivity index (χ2n) is 5.20. The fourth-order valence-corrected chi connectivity index (χ4v) is 2.52. The summed E-state index contributed by atoms with van der Waals surface area (Å²) in [5.74, 6) is -0.287. The number of anilines is 1. The number of nitrogens with zero attached hydrogens (tertiary/aromatic N) is 6. The van der Waals surface area contributed by atoms with Crippen molar-refractivity contribution in [3.05, 3.63) is 36.5 Å². The molecule has 1 aliphatic heterocycles. The molecule has 1 unspecified atom stereocenters. The minimum atomic E-state index is -0.287. The third-order valence-corrected chi connectivity index (χ3v) is 3.70. The van der Waals surface area contributed by atoms with E-state index >= 15 is 0 Å². The van der Waals surface area contributed by atoms with Gasteiger partial charge in [0.1, 0.15) is 6.33 Å². The van der Waals surface area contributed by atoms with Gasteiger partial charge in [0.25, 0.3) is 5.91 Å². The molecule has 0 spiro atoms. The fourth-order valence-electron chi connectivity index (χ4n) is 2.52. The summed E-state index contributed by atoms with van der Waals surface area (Å²) in [6.07, 6.45) is 6.01. The molecule has 3 aromatic heterocycles. The molecular formula is C13H14N8O. The SMILES string of the molecule is O=C(Nc1ccc2nncn2c1)c1cn(C2CCNC2)nn1. The zero-order chi connectivity index (χ0) is 14.9. The molecule has 1 atom stereocenters. The molecule has 2 N–H and O–H groups in total. The van der Waals surface area contributed by atoms with E-state index in [-0.39, 0.29) is 11.9 Å². The number of fused-ring (bicyclic) bond motifs is 1. The Kier molecular flexibility index (Phi) is 3.04. The minimum absolute atomic E-state index is 0.266. The number of carbonyl (C=O) groups excluding carboxylic acids is 1. The lowest BCUT2D eigenvalue weighted by atomic mass is 10.3. The van der Waals surface area contributed by atoms with Crippen molar-refractivity contribution in [2.75, 3.05) is 18.4 Å². The van der Waals surface area contributed by atoms with Crippen LogP contribution in [0.5, 0.6) is 0 Å². The van der Waals surface area contributed by atoms with E-state index in [1.807, 2.05) is 0 Å². The maximum atomic E-state index is 12.2. The van der Waals surface area contributed by atoms with Crippen LogP contribution in [0.4, 0.5) is 5.69 Å². The zero-order valence-corrected chi connectivity index (χ0v) is 11.7. The number of nitrogens with one attached hydrogen (secondary N) is 2. The number of rotatable bonds is 3. The average Bonchev–Trinajstić information content (AvgIpc) is 3.26. The largest absolute Gasteiger partial charge is 0.319 e. The Morgan fingerprint density at radius 2 is 2.27 bits per heavy atom. The predicted molar refractivity (Wildman–Crippen MR) is 77.5 cm³/mol. The summed E-state index contributed by atoms with van der Waals surface area (Å²) < 4.78 is 3.48. The molecule has 3 aromatic rings. The Bertz CT molecular complexity index is 816. The van der Waals surface area contributed by atoms with Gasteiger partial charge in [0.05, 0.1) is 17.9 Å². The van der Waals surface area contributed by atoms with Gasteiger partial charge in [-0.3, -0.25) is 9.20 Å². The first-order valence-corrected chi connectivity index (χ1v) is 7.03. The van der Waals surface area contributed by atoms with Crippen molar-refractivity contribution in [2.24, 2.45) is 0 Å².